The second kappa shape index (κ2) is 6.01. The standard InChI is InChI=1S/C11H12N2O3S/c1-3-5-13(6-4-2)10(14)9-12-8(7-17-9)11(15)16/h1,7H,4-6H2,2H3,(H,15,16). The van der Waals surface area contributed by atoms with E-state index in [4.69, 9.17) is 11.5 Å². The summed E-state index contributed by atoms with van der Waals surface area (Å²) in [7, 11) is 0. The molecule has 0 aromatic carbocycles. The minimum absolute atomic E-state index is 0.115. The molecule has 0 aliphatic rings. The van der Waals surface area contributed by atoms with Crippen LogP contribution in [0.1, 0.15) is 33.6 Å². The van der Waals surface area contributed by atoms with Crippen LogP contribution in [0.25, 0.3) is 0 Å². The van der Waals surface area contributed by atoms with Crippen LogP contribution in [0.2, 0.25) is 0 Å². The molecule has 0 saturated heterocycles. The molecule has 1 rings (SSSR count). The van der Waals surface area contributed by atoms with Gasteiger partial charge in [-0.2, -0.15) is 0 Å². The van der Waals surface area contributed by atoms with Crippen LogP contribution in [0.5, 0.6) is 0 Å². The zero-order valence-corrected chi connectivity index (χ0v) is 10.2. The van der Waals surface area contributed by atoms with Gasteiger partial charge in [0.1, 0.15) is 0 Å². The Labute approximate surface area is 103 Å². The Morgan fingerprint density at radius 3 is 2.82 bits per heavy atom. The van der Waals surface area contributed by atoms with Gasteiger partial charge in [-0.15, -0.1) is 17.8 Å². The maximum absolute atomic E-state index is 11.9. The number of carbonyl (C=O) groups is 2. The number of carboxylic acids is 1. The molecule has 1 heterocycles. The largest absolute Gasteiger partial charge is 0.476 e. The van der Waals surface area contributed by atoms with E-state index in [2.05, 4.69) is 10.9 Å². The predicted octanol–water partition coefficient (Wildman–Crippen LogP) is 1.33. The van der Waals surface area contributed by atoms with Crippen LogP contribution in [-0.2, 0) is 0 Å². The van der Waals surface area contributed by atoms with Crippen molar-refractivity contribution in [3.05, 3.63) is 16.1 Å². The minimum atomic E-state index is -1.14. The van der Waals surface area contributed by atoms with E-state index in [1.54, 1.807) is 0 Å². The smallest absolute Gasteiger partial charge is 0.355 e. The van der Waals surface area contributed by atoms with Crippen molar-refractivity contribution in [2.45, 2.75) is 13.3 Å². The number of amides is 1. The third-order valence-electron chi connectivity index (χ3n) is 1.97. The normalized spacial score (nSPS) is 9.65. The minimum Gasteiger partial charge on any atom is -0.476 e. The molecule has 0 bridgehead atoms. The summed E-state index contributed by atoms with van der Waals surface area (Å²) >= 11 is 1.01. The van der Waals surface area contributed by atoms with Crippen LogP contribution in [0.3, 0.4) is 0 Å². The first kappa shape index (κ1) is 13.2. The van der Waals surface area contributed by atoms with Gasteiger partial charge in [-0.25, -0.2) is 9.78 Å². The number of aromatic carboxylic acids is 1. The average Bonchev–Trinajstić information content (AvgIpc) is 2.77. The Morgan fingerprint density at radius 2 is 2.35 bits per heavy atom. The van der Waals surface area contributed by atoms with E-state index in [1.807, 2.05) is 6.92 Å². The van der Waals surface area contributed by atoms with E-state index in [-0.39, 0.29) is 23.2 Å². The fourth-order valence-electron chi connectivity index (χ4n) is 1.24. The Hall–Kier alpha value is -1.87. The molecule has 1 aromatic rings. The third-order valence-corrected chi connectivity index (χ3v) is 2.80. The summed E-state index contributed by atoms with van der Waals surface area (Å²) in [5.74, 6) is 0.942. The first-order valence-corrected chi connectivity index (χ1v) is 5.89. The highest BCUT2D eigenvalue weighted by Crippen LogP contribution is 2.12. The van der Waals surface area contributed by atoms with Gasteiger partial charge in [0, 0.05) is 11.9 Å². The van der Waals surface area contributed by atoms with Crippen molar-refractivity contribution in [2.24, 2.45) is 0 Å². The molecule has 90 valence electrons. The van der Waals surface area contributed by atoms with Gasteiger partial charge in [0.15, 0.2) is 10.7 Å². The molecule has 0 saturated carbocycles. The van der Waals surface area contributed by atoms with Crippen molar-refractivity contribution < 1.29 is 14.7 Å². The van der Waals surface area contributed by atoms with Gasteiger partial charge < -0.3 is 10.0 Å². The third kappa shape index (κ3) is 3.29. The molecule has 17 heavy (non-hydrogen) atoms. The highest BCUT2D eigenvalue weighted by atomic mass is 32.1. The molecule has 0 aliphatic heterocycles. The first-order chi connectivity index (χ1) is 8.10. The lowest BCUT2D eigenvalue weighted by atomic mass is 10.4. The predicted molar refractivity (Wildman–Crippen MR) is 64.1 cm³/mol. The fraction of sp³-hybridized carbons (Fsp3) is 0.364. The number of thiazole rings is 1. The lowest BCUT2D eigenvalue weighted by Crippen LogP contribution is -2.32. The molecule has 6 heteroatoms. The Bertz CT molecular complexity index is 462. The van der Waals surface area contributed by atoms with Crippen LogP contribution >= 0.6 is 11.3 Å². The second-order valence-corrected chi connectivity index (χ2v) is 4.13. The average molecular weight is 252 g/mol. The van der Waals surface area contributed by atoms with Crippen LogP contribution < -0.4 is 0 Å². The van der Waals surface area contributed by atoms with Crippen molar-refractivity contribution in [1.29, 1.82) is 0 Å². The summed E-state index contributed by atoms with van der Waals surface area (Å²) in [5, 5.41) is 10.2. The quantitative estimate of drug-likeness (QED) is 0.802. The molecule has 0 unspecified atom stereocenters. The summed E-state index contributed by atoms with van der Waals surface area (Å²) in [6, 6.07) is 0. The number of hydrogen-bond donors (Lipinski definition) is 1. The van der Waals surface area contributed by atoms with Crippen LogP contribution in [0.15, 0.2) is 5.38 Å². The van der Waals surface area contributed by atoms with Crippen molar-refractivity contribution >= 4 is 23.2 Å². The molecule has 0 radical (unpaired) electrons. The zero-order valence-electron chi connectivity index (χ0n) is 9.34. The van der Waals surface area contributed by atoms with E-state index in [9.17, 15) is 9.59 Å². The molecule has 0 spiro atoms. The Morgan fingerprint density at radius 1 is 1.65 bits per heavy atom. The number of aromatic nitrogens is 1. The molecular formula is C11H12N2O3S. The fourth-order valence-corrected chi connectivity index (χ4v) is 2.00. The SMILES string of the molecule is C#CCN(CCC)C(=O)c1nc(C(=O)O)cs1. The van der Waals surface area contributed by atoms with Gasteiger partial charge in [0.05, 0.1) is 6.54 Å². The monoisotopic (exact) mass is 252 g/mol. The second-order valence-electron chi connectivity index (χ2n) is 3.27. The van der Waals surface area contributed by atoms with Crippen molar-refractivity contribution in [3.8, 4) is 12.3 Å². The summed E-state index contributed by atoms with van der Waals surface area (Å²) in [4.78, 5) is 27.8. The van der Waals surface area contributed by atoms with E-state index >= 15 is 0 Å². The summed E-state index contributed by atoms with van der Waals surface area (Å²) < 4.78 is 0. The van der Waals surface area contributed by atoms with Gasteiger partial charge in [0.25, 0.3) is 5.91 Å². The van der Waals surface area contributed by atoms with Crippen molar-refractivity contribution in [1.82, 2.24) is 9.88 Å². The number of nitrogens with zero attached hydrogens (tertiary/aromatic N) is 2. The molecule has 1 amide bonds. The number of rotatable bonds is 5. The van der Waals surface area contributed by atoms with Crippen molar-refractivity contribution in [3.63, 3.8) is 0 Å². The van der Waals surface area contributed by atoms with Gasteiger partial charge in [-0.05, 0) is 6.42 Å². The molecule has 1 N–H and O–H groups in total. The molecular weight excluding hydrogens is 240 g/mol. The molecule has 1 aromatic heterocycles. The van der Waals surface area contributed by atoms with E-state index in [0.717, 1.165) is 17.8 Å². The van der Waals surface area contributed by atoms with Gasteiger partial charge in [-0.1, -0.05) is 12.8 Å². The van der Waals surface area contributed by atoms with Crippen LogP contribution in [-0.4, -0.2) is 40.0 Å². The molecule has 0 atom stereocenters. The maximum atomic E-state index is 11.9. The maximum Gasteiger partial charge on any atom is 0.355 e. The highest BCUT2D eigenvalue weighted by Gasteiger charge is 2.19. The lowest BCUT2D eigenvalue weighted by Gasteiger charge is -2.17. The molecule has 0 aliphatic carbocycles. The van der Waals surface area contributed by atoms with E-state index in [0.29, 0.717) is 6.54 Å². The summed E-state index contributed by atoms with van der Waals surface area (Å²) in [6.45, 7) is 2.67. The first-order valence-electron chi connectivity index (χ1n) is 5.01. The number of hydrogen-bond acceptors (Lipinski definition) is 4. The van der Waals surface area contributed by atoms with Gasteiger partial charge >= 0.3 is 5.97 Å². The number of terminal acetylenes is 1. The van der Waals surface area contributed by atoms with E-state index in [1.165, 1.54) is 10.3 Å². The zero-order chi connectivity index (χ0) is 12.8. The Balaban J connectivity index is 2.85. The van der Waals surface area contributed by atoms with Crippen LogP contribution in [0, 0.1) is 12.3 Å². The van der Waals surface area contributed by atoms with Crippen molar-refractivity contribution in [2.75, 3.05) is 13.1 Å². The lowest BCUT2D eigenvalue weighted by molar-refractivity contribution is 0.0691. The van der Waals surface area contributed by atoms with Crippen LogP contribution in [0.4, 0.5) is 0 Å². The highest BCUT2D eigenvalue weighted by molar-refractivity contribution is 7.11. The summed E-state index contributed by atoms with van der Waals surface area (Å²) in [6.07, 6.45) is 5.96. The topological polar surface area (TPSA) is 70.5 Å². The van der Waals surface area contributed by atoms with Gasteiger partial charge in [0.2, 0.25) is 0 Å². The van der Waals surface area contributed by atoms with Gasteiger partial charge in [-0.3, -0.25) is 4.79 Å². The summed E-state index contributed by atoms with van der Waals surface area (Å²) in [5.41, 5.74) is -0.115. The molecule has 0 fully saturated rings. The number of carboxylic acid groups (broad SMARTS) is 1. The van der Waals surface area contributed by atoms with E-state index < -0.39 is 5.97 Å². The molecule has 5 nitrogen and oxygen atoms in total. The Kier molecular flexibility index (Phi) is 4.67. The number of carbonyl (C=O) groups excluding carboxylic acids is 1.